The van der Waals surface area contributed by atoms with Crippen LogP contribution in [0.5, 0.6) is 11.5 Å². The SMILES string of the molecule is COc1cc(C2C3=C(CC(C)(C)CC3=O)Nc3nc(SCc4ccccc4Cl)nn32)cc(Br)c1OCc1cccc(C)c1. The lowest BCUT2D eigenvalue weighted by molar-refractivity contribution is -0.118. The van der Waals surface area contributed by atoms with E-state index in [4.69, 9.17) is 31.2 Å². The molecule has 43 heavy (non-hydrogen) atoms. The number of anilines is 1. The molecule has 1 aliphatic carbocycles. The van der Waals surface area contributed by atoms with Crippen LogP contribution in [0, 0.1) is 12.3 Å². The van der Waals surface area contributed by atoms with Gasteiger partial charge in [-0.1, -0.05) is 85.2 Å². The third-order valence-electron chi connectivity index (χ3n) is 7.66. The lowest BCUT2D eigenvalue weighted by atomic mass is 9.73. The molecule has 222 valence electrons. The fraction of sp³-hybridized carbons (Fsp3) is 0.303. The topological polar surface area (TPSA) is 78.3 Å². The van der Waals surface area contributed by atoms with Crippen molar-refractivity contribution in [3.8, 4) is 11.5 Å². The molecule has 1 unspecified atom stereocenters. The molecule has 1 aliphatic heterocycles. The standard InChI is InChI=1S/C33H32BrClN4O3S/c1-19-8-7-9-20(12-19)17-42-30-23(34)13-22(14-27(30)41-4)29-28-25(15-33(2,3)16-26(28)40)36-31-37-32(38-39(29)31)43-18-21-10-5-6-11-24(21)35/h5-14,29H,15-18H2,1-4H3,(H,36,37,38). The number of hydrogen-bond acceptors (Lipinski definition) is 7. The first-order valence-electron chi connectivity index (χ1n) is 14.0. The number of rotatable bonds is 8. The summed E-state index contributed by atoms with van der Waals surface area (Å²) < 4.78 is 14.6. The van der Waals surface area contributed by atoms with Crippen LogP contribution in [0.15, 0.2) is 81.6 Å². The van der Waals surface area contributed by atoms with Crippen molar-refractivity contribution in [3.05, 3.63) is 104 Å². The maximum atomic E-state index is 13.7. The number of nitrogens with zero attached hydrogens (tertiary/aromatic N) is 3. The lowest BCUT2D eigenvalue weighted by Crippen LogP contribution is -2.36. The van der Waals surface area contributed by atoms with E-state index in [0.29, 0.717) is 52.0 Å². The van der Waals surface area contributed by atoms with Gasteiger partial charge in [0.05, 0.1) is 11.6 Å². The minimum atomic E-state index is -0.479. The number of halogens is 2. The van der Waals surface area contributed by atoms with Gasteiger partial charge < -0.3 is 14.8 Å². The van der Waals surface area contributed by atoms with Crippen LogP contribution in [0.25, 0.3) is 0 Å². The second-order valence-corrected chi connectivity index (χ2v) is 13.9. The normalized spacial score (nSPS) is 17.3. The summed E-state index contributed by atoms with van der Waals surface area (Å²) >= 11 is 11.6. The fourth-order valence-electron chi connectivity index (χ4n) is 5.71. The Hall–Kier alpha value is -3.27. The predicted molar refractivity (Wildman–Crippen MR) is 174 cm³/mol. The molecule has 0 fully saturated rings. The molecule has 0 amide bonds. The smallest absolute Gasteiger partial charge is 0.227 e. The molecular formula is C33H32BrClN4O3S. The van der Waals surface area contributed by atoms with Gasteiger partial charge in [0.15, 0.2) is 17.3 Å². The minimum absolute atomic E-state index is 0.102. The number of aryl methyl sites for hydroxylation is 1. The van der Waals surface area contributed by atoms with Gasteiger partial charge in [0.2, 0.25) is 11.1 Å². The van der Waals surface area contributed by atoms with Crippen LogP contribution in [-0.4, -0.2) is 27.7 Å². The van der Waals surface area contributed by atoms with E-state index in [1.54, 1.807) is 7.11 Å². The number of hydrogen-bond donors (Lipinski definition) is 1. The molecule has 10 heteroatoms. The van der Waals surface area contributed by atoms with Gasteiger partial charge in [-0.15, -0.1) is 5.10 Å². The number of methoxy groups -OCH3 is 1. The van der Waals surface area contributed by atoms with Gasteiger partial charge in [0, 0.05) is 28.5 Å². The minimum Gasteiger partial charge on any atom is -0.493 e. The van der Waals surface area contributed by atoms with Gasteiger partial charge in [0.1, 0.15) is 12.6 Å². The van der Waals surface area contributed by atoms with Crippen LogP contribution in [0.1, 0.15) is 55.0 Å². The van der Waals surface area contributed by atoms with E-state index < -0.39 is 6.04 Å². The third kappa shape index (κ3) is 6.21. The second-order valence-electron chi connectivity index (χ2n) is 11.7. The van der Waals surface area contributed by atoms with Crippen LogP contribution in [0.4, 0.5) is 5.95 Å². The number of nitrogens with one attached hydrogen (secondary N) is 1. The van der Waals surface area contributed by atoms with E-state index in [0.717, 1.165) is 33.3 Å². The number of fused-ring (bicyclic) bond motifs is 1. The molecule has 2 heterocycles. The summed E-state index contributed by atoms with van der Waals surface area (Å²) in [6, 6.07) is 19.4. The second kappa shape index (κ2) is 12.0. The molecule has 4 aromatic rings. The molecule has 0 radical (unpaired) electrons. The van der Waals surface area contributed by atoms with E-state index in [-0.39, 0.29) is 11.2 Å². The number of ether oxygens (including phenoxy) is 2. The van der Waals surface area contributed by atoms with Crippen molar-refractivity contribution in [2.24, 2.45) is 5.41 Å². The van der Waals surface area contributed by atoms with Gasteiger partial charge in [-0.2, -0.15) is 4.98 Å². The quantitative estimate of drug-likeness (QED) is 0.187. The van der Waals surface area contributed by atoms with Crippen molar-refractivity contribution >= 4 is 51.0 Å². The number of aromatic nitrogens is 3. The Morgan fingerprint density at radius 3 is 2.72 bits per heavy atom. The number of benzene rings is 3. The van der Waals surface area contributed by atoms with Gasteiger partial charge in [-0.05, 0) is 69.6 Å². The zero-order valence-electron chi connectivity index (χ0n) is 24.4. The summed E-state index contributed by atoms with van der Waals surface area (Å²) in [7, 11) is 1.62. The lowest BCUT2D eigenvalue weighted by Gasteiger charge is -2.38. The summed E-state index contributed by atoms with van der Waals surface area (Å²) in [5.41, 5.74) is 5.54. The molecule has 1 aromatic heterocycles. The van der Waals surface area contributed by atoms with Crippen LogP contribution in [0.2, 0.25) is 5.02 Å². The highest BCUT2D eigenvalue weighted by Crippen LogP contribution is 2.48. The molecule has 2 aliphatic rings. The van der Waals surface area contributed by atoms with E-state index in [2.05, 4.69) is 54.2 Å². The first kappa shape index (κ1) is 29.8. The molecule has 1 atom stereocenters. The Morgan fingerprint density at radius 2 is 1.95 bits per heavy atom. The Kier molecular flexibility index (Phi) is 8.33. The van der Waals surface area contributed by atoms with Crippen LogP contribution < -0.4 is 14.8 Å². The van der Waals surface area contributed by atoms with Gasteiger partial charge in [0.25, 0.3) is 0 Å². The fourth-order valence-corrected chi connectivity index (χ4v) is 7.40. The summed E-state index contributed by atoms with van der Waals surface area (Å²) in [6.45, 7) is 6.69. The van der Waals surface area contributed by atoms with E-state index >= 15 is 0 Å². The number of Topliss-reactive ketones (excluding diaryl/α,β-unsaturated/α-hetero) is 1. The predicted octanol–water partition coefficient (Wildman–Crippen LogP) is 8.54. The monoisotopic (exact) mass is 678 g/mol. The largest absolute Gasteiger partial charge is 0.493 e. The highest BCUT2D eigenvalue weighted by atomic mass is 79.9. The number of allylic oxidation sites excluding steroid dienone is 2. The molecule has 3 aromatic carbocycles. The van der Waals surface area contributed by atoms with Crippen molar-refractivity contribution in [2.75, 3.05) is 12.4 Å². The van der Waals surface area contributed by atoms with Gasteiger partial charge in [-0.25, -0.2) is 4.68 Å². The van der Waals surface area contributed by atoms with Gasteiger partial charge >= 0.3 is 0 Å². The molecule has 7 nitrogen and oxygen atoms in total. The van der Waals surface area contributed by atoms with Crippen molar-refractivity contribution in [3.63, 3.8) is 0 Å². The van der Waals surface area contributed by atoms with Crippen molar-refractivity contribution in [1.82, 2.24) is 14.8 Å². The number of carbonyl (C=O) groups is 1. The number of ketones is 1. The maximum Gasteiger partial charge on any atom is 0.227 e. The molecular weight excluding hydrogens is 648 g/mol. The molecule has 6 rings (SSSR count). The molecule has 0 spiro atoms. The van der Waals surface area contributed by atoms with Crippen LogP contribution in [-0.2, 0) is 17.2 Å². The van der Waals surface area contributed by atoms with Crippen molar-refractivity contribution < 1.29 is 14.3 Å². The number of thioether (sulfide) groups is 1. The summed E-state index contributed by atoms with van der Waals surface area (Å²) in [4.78, 5) is 18.6. The molecule has 0 saturated carbocycles. The van der Waals surface area contributed by atoms with Crippen molar-refractivity contribution in [2.45, 2.75) is 57.2 Å². The summed E-state index contributed by atoms with van der Waals surface area (Å²) in [5.74, 6) is 2.49. The molecule has 1 N–H and O–H groups in total. The average Bonchev–Trinajstić information content (AvgIpc) is 3.36. The highest BCUT2D eigenvalue weighted by molar-refractivity contribution is 9.10. The molecule has 0 bridgehead atoms. The van der Waals surface area contributed by atoms with E-state index in [1.165, 1.54) is 17.3 Å². The molecule has 0 saturated heterocycles. The van der Waals surface area contributed by atoms with Crippen LogP contribution in [0.3, 0.4) is 0 Å². The van der Waals surface area contributed by atoms with Crippen LogP contribution >= 0.6 is 39.3 Å². The first-order chi connectivity index (χ1) is 20.6. The first-order valence-corrected chi connectivity index (χ1v) is 16.2. The maximum absolute atomic E-state index is 13.7. The zero-order valence-corrected chi connectivity index (χ0v) is 27.6. The average molecular weight is 680 g/mol. The number of carbonyl (C=O) groups excluding carboxylic acids is 1. The summed E-state index contributed by atoms with van der Waals surface area (Å²) in [5, 5.41) is 9.66. The van der Waals surface area contributed by atoms with E-state index in [9.17, 15) is 4.79 Å². The Balaban J connectivity index is 1.38. The van der Waals surface area contributed by atoms with Crippen molar-refractivity contribution in [1.29, 1.82) is 0 Å². The zero-order chi connectivity index (χ0) is 30.3. The highest BCUT2D eigenvalue weighted by Gasteiger charge is 2.42. The third-order valence-corrected chi connectivity index (χ3v) is 9.50. The Bertz CT molecular complexity index is 1750. The summed E-state index contributed by atoms with van der Waals surface area (Å²) in [6.07, 6.45) is 1.19. The Morgan fingerprint density at radius 1 is 1.14 bits per heavy atom. The Labute approximate surface area is 269 Å². The van der Waals surface area contributed by atoms with E-state index in [1.807, 2.05) is 53.2 Å². The van der Waals surface area contributed by atoms with Gasteiger partial charge in [-0.3, -0.25) is 4.79 Å².